The molecule has 0 N–H and O–H groups in total. The van der Waals surface area contributed by atoms with Gasteiger partial charge in [0.1, 0.15) is 0 Å². The summed E-state index contributed by atoms with van der Waals surface area (Å²) in [6.45, 7) is 0. The van der Waals surface area contributed by atoms with E-state index in [2.05, 4.69) is 191 Å². The van der Waals surface area contributed by atoms with Crippen molar-refractivity contribution in [3.8, 4) is 33.6 Å². The van der Waals surface area contributed by atoms with Crippen molar-refractivity contribution < 1.29 is 0 Å². The number of aromatic nitrogens is 2. The van der Waals surface area contributed by atoms with E-state index in [4.69, 9.17) is 0 Å². The minimum absolute atomic E-state index is 1.15. The maximum Gasteiger partial charge on any atom is 0.0562 e. The number of nitrogens with zero attached hydrogens (tertiary/aromatic N) is 2. The number of benzene rings is 8. The zero-order valence-electron chi connectivity index (χ0n) is 27.6. The lowest BCUT2D eigenvalue weighted by molar-refractivity contribution is 1.16. The Balaban J connectivity index is 1.06. The summed E-state index contributed by atoms with van der Waals surface area (Å²) < 4.78 is 7.51. The molecule has 0 aliphatic carbocycles. The lowest BCUT2D eigenvalue weighted by atomic mass is 9.98. The molecule has 0 spiro atoms. The Kier molecular flexibility index (Phi) is 6.16. The summed E-state index contributed by atoms with van der Waals surface area (Å²) in [6, 6.07) is 66.6. The highest BCUT2D eigenvalue weighted by molar-refractivity contribution is 7.26. The third kappa shape index (κ3) is 4.29. The molecule has 8 aromatic carbocycles. The van der Waals surface area contributed by atoms with Crippen LogP contribution in [-0.2, 0) is 0 Å². The van der Waals surface area contributed by atoms with Gasteiger partial charge in [-0.15, -0.1) is 11.3 Å². The molecule has 3 aromatic heterocycles. The minimum atomic E-state index is 1.15. The van der Waals surface area contributed by atoms with E-state index in [0.717, 1.165) is 5.69 Å². The first-order valence-electron chi connectivity index (χ1n) is 17.4. The van der Waals surface area contributed by atoms with Crippen LogP contribution in [0.1, 0.15) is 0 Å². The Morgan fingerprint density at radius 3 is 1.61 bits per heavy atom. The Morgan fingerprint density at radius 2 is 0.882 bits per heavy atom. The standard InChI is InChI=1S/C48H30N2S/c1-2-14-34(15-3-1)49-43-21-7-4-16-37(43)41-29-42-38-17-5-8-22-44(38)50(46(42)30-45(41)49)35-26-24-31(25-27-35)32-12-10-13-33(28-32)36-19-11-20-40-39-18-6-9-23-47(39)51-48(36)40/h1-30H. The monoisotopic (exact) mass is 666 g/mol. The first-order chi connectivity index (χ1) is 25.3. The van der Waals surface area contributed by atoms with Crippen molar-refractivity contribution in [3.05, 3.63) is 182 Å². The summed E-state index contributed by atoms with van der Waals surface area (Å²) in [4.78, 5) is 0. The van der Waals surface area contributed by atoms with Crippen LogP contribution in [0.4, 0.5) is 0 Å². The number of thiophene rings is 1. The Bertz CT molecular complexity index is 3120. The van der Waals surface area contributed by atoms with Crippen LogP contribution in [0.5, 0.6) is 0 Å². The summed E-state index contributed by atoms with van der Waals surface area (Å²) in [6.07, 6.45) is 0. The van der Waals surface area contributed by atoms with Crippen molar-refractivity contribution in [2.45, 2.75) is 0 Å². The van der Waals surface area contributed by atoms with E-state index in [9.17, 15) is 0 Å². The third-order valence-electron chi connectivity index (χ3n) is 10.5. The lowest BCUT2D eigenvalue weighted by Gasteiger charge is -2.11. The van der Waals surface area contributed by atoms with Gasteiger partial charge in [-0.1, -0.05) is 121 Å². The van der Waals surface area contributed by atoms with Crippen LogP contribution in [0.25, 0.3) is 97.4 Å². The van der Waals surface area contributed by atoms with Crippen molar-refractivity contribution in [2.75, 3.05) is 0 Å². The summed E-state index contributed by atoms with van der Waals surface area (Å²) >= 11 is 1.88. The maximum absolute atomic E-state index is 2.43. The molecule has 0 fully saturated rings. The number of para-hydroxylation sites is 3. The van der Waals surface area contributed by atoms with Gasteiger partial charge in [-0.05, 0) is 82.9 Å². The average Bonchev–Trinajstić information content (AvgIpc) is 3.85. The van der Waals surface area contributed by atoms with Crippen molar-refractivity contribution in [1.82, 2.24) is 9.13 Å². The molecule has 0 saturated carbocycles. The molecular weight excluding hydrogens is 637 g/mol. The summed E-state index contributed by atoms with van der Waals surface area (Å²) in [7, 11) is 0. The molecule has 0 aliphatic heterocycles. The molecule has 11 aromatic rings. The summed E-state index contributed by atoms with van der Waals surface area (Å²) in [5.74, 6) is 0. The van der Waals surface area contributed by atoms with Gasteiger partial charge in [-0.2, -0.15) is 0 Å². The number of hydrogen-bond acceptors (Lipinski definition) is 1. The molecule has 3 heteroatoms. The minimum Gasteiger partial charge on any atom is -0.309 e. The molecule has 3 heterocycles. The zero-order valence-corrected chi connectivity index (χ0v) is 28.4. The lowest BCUT2D eigenvalue weighted by Crippen LogP contribution is -1.95. The molecular formula is C48H30N2S. The largest absolute Gasteiger partial charge is 0.309 e. The van der Waals surface area contributed by atoms with Gasteiger partial charge in [-0.3, -0.25) is 0 Å². The maximum atomic E-state index is 2.43. The first-order valence-corrected chi connectivity index (χ1v) is 18.3. The smallest absolute Gasteiger partial charge is 0.0562 e. The summed E-state index contributed by atoms with van der Waals surface area (Å²) in [5.41, 5.74) is 12.1. The molecule has 11 rings (SSSR count). The van der Waals surface area contributed by atoms with Crippen molar-refractivity contribution in [1.29, 1.82) is 0 Å². The van der Waals surface area contributed by atoms with Gasteiger partial charge in [0, 0.05) is 53.1 Å². The Hall–Kier alpha value is -6.42. The molecule has 238 valence electrons. The van der Waals surface area contributed by atoms with Crippen molar-refractivity contribution in [2.24, 2.45) is 0 Å². The highest BCUT2D eigenvalue weighted by atomic mass is 32.1. The van der Waals surface area contributed by atoms with Crippen LogP contribution >= 0.6 is 11.3 Å². The van der Waals surface area contributed by atoms with Crippen molar-refractivity contribution >= 4 is 75.1 Å². The molecule has 0 atom stereocenters. The second-order valence-electron chi connectivity index (χ2n) is 13.3. The van der Waals surface area contributed by atoms with Crippen LogP contribution in [0, 0.1) is 0 Å². The number of hydrogen-bond donors (Lipinski definition) is 0. The van der Waals surface area contributed by atoms with E-state index < -0.39 is 0 Å². The molecule has 0 unspecified atom stereocenters. The molecule has 51 heavy (non-hydrogen) atoms. The SMILES string of the molecule is c1ccc(-n2c3ccccc3c3cc4c5ccccc5n(-c5ccc(-c6cccc(-c7cccc8c7sc7ccccc78)c6)cc5)c4cc32)cc1. The Labute approximate surface area is 298 Å². The molecule has 0 bridgehead atoms. The van der Waals surface area contributed by atoms with Crippen LogP contribution < -0.4 is 0 Å². The van der Waals surface area contributed by atoms with Gasteiger partial charge < -0.3 is 9.13 Å². The Morgan fingerprint density at radius 1 is 0.314 bits per heavy atom. The van der Waals surface area contributed by atoms with Gasteiger partial charge in [-0.25, -0.2) is 0 Å². The van der Waals surface area contributed by atoms with E-state index >= 15 is 0 Å². The summed E-state index contributed by atoms with van der Waals surface area (Å²) in [5, 5.41) is 7.73. The second kappa shape index (κ2) is 11.0. The van der Waals surface area contributed by atoms with Gasteiger partial charge in [0.05, 0.1) is 22.1 Å². The molecule has 2 nitrogen and oxygen atoms in total. The third-order valence-corrected chi connectivity index (χ3v) is 11.7. The van der Waals surface area contributed by atoms with E-state index in [-0.39, 0.29) is 0 Å². The van der Waals surface area contributed by atoms with Crippen molar-refractivity contribution in [3.63, 3.8) is 0 Å². The molecule has 0 aliphatic rings. The van der Waals surface area contributed by atoms with E-state index in [1.165, 1.54) is 91.7 Å². The van der Waals surface area contributed by atoms with Crippen LogP contribution in [0.3, 0.4) is 0 Å². The highest BCUT2D eigenvalue weighted by Crippen LogP contribution is 2.42. The van der Waals surface area contributed by atoms with E-state index in [1.54, 1.807) is 0 Å². The van der Waals surface area contributed by atoms with Gasteiger partial charge in [0.15, 0.2) is 0 Å². The molecule has 0 amide bonds. The van der Waals surface area contributed by atoms with Gasteiger partial charge in [0.2, 0.25) is 0 Å². The highest BCUT2D eigenvalue weighted by Gasteiger charge is 2.18. The number of fused-ring (bicyclic) bond motifs is 9. The van der Waals surface area contributed by atoms with Gasteiger partial charge >= 0.3 is 0 Å². The van der Waals surface area contributed by atoms with E-state index in [1.807, 2.05) is 11.3 Å². The quantitative estimate of drug-likeness (QED) is 0.177. The van der Waals surface area contributed by atoms with E-state index in [0.29, 0.717) is 0 Å². The fourth-order valence-electron chi connectivity index (χ4n) is 8.21. The number of rotatable bonds is 4. The average molecular weight is 667 g/mol. The van der Waals surface area contributed by atoms with Crippen LogP contribution in [0.2, 0.25) is 0 Å². The topological polar surface area (TPSA) is 9.86 Å². The normalized spacial score (nSPS) is 11.9. The molecule has 0 saturated heterocycles. The zero-order chi connectivity index (χ0) is 33.5. The van der Waals surface area contributed by atoms with Gasteiger partial charge in [0.25, 0.3) is 0 Å². The van der Waals surface area contributed by atoms with Crippen LogP contribution in [0.15, 0.2) is 182 Å². The predicted molar refractivity (Wildman–Crippen MR) is 219 cm³/mol. The molecule has 0 radical (unpaired) electrons. The second-order valence-corrected chi connectivity index (χ2v) is 14.4. The predicted octanol–water partition coefficient (Wildman–Crippen LogP) is 13.6. The fraction of sp³-hybridized carbons (Fsp3) is 0. The first kappa shape index (κ1) is 28.4. The van der Waals surface area contributed by atoms with Crippen LogP contribution in [-0.4, -0.2) is 9.13 Å². The fourth-order valence-corrected chi connectivity index (χ4v) is 9.45.